The zero-order chi connectivity index (χ0) is 14.9. The quantitative estimate of drug-likeness (QED) is 0.836. The Kier molecular flexibility index (Phi) is 3.92. The minimum absolute atomic E-state index is 0.299. The number of nitrogens with zero attached hydrogens (tertiary/aromatic N) is 2. The number of carboxylic acid groups (broad SMARTS) is 1. The summed E-state index contributed by atoms with van der Waals surface area (Å²) in [6.45, 7) is 1.78. The van der Waals surface area contributed by atoms with Gasteiger partial charge < -0.3 is 15.7 Å². The number of aliphatic carboxylic acids is 1. The fourth-order valence-electron chi connectivity index (χ4n) is 2.67. The van der Waals surface area contributed by atoms with E-state index in [1.165, 1.54) is 4.90 Å². The lowest BCUT2D eigenvalue weighted by molar-refractivity contribution is -0.138. The topological polar surface area (TPSA) is 96.5 Å². The van der Waals surface area contributed by atoms with Crippen molar-refractivity contribution in [2.24, 2.45) is 5.73 Å². The second kappa shape index (κ2) is 5.48. The number of carbonyl (C=O) groups is 2. The van der Waals surface area contributed by atoms with Crippen molar-refractivity contribution in [1.82, 2.24) is 4.98 Å². The summed E-state index contributed by atoms with van der Waals surface area (Å²) in [4.78, 5) is 28.9. The van der Waals surface area contributed by atoms with Gasteiger partial charge in [0.2, 0.25) is 0 Å². The Balaban J connectivity index is 2.49. The van der Waals surface area contributed by atoms with E-state index in [1.54, 1.807) is 20.0 Å². The molecule has 1 aliphatic carbocycles. The molecule has 0 radical (unpaired) electrons. The monoisotopic (exact) mass is 277 g/mol. The molecule has 1 atom stereocenters. The number of pyridine rings is 1. The number of hydrogen-bond acceptors (Lipinski definition) is 4. The van der Waals surface area contributed by atoms with Crippen LogP contribution in [0.2, 0.25) is 0 Å². The molecule has 6 nitrogen and oxygen atoms in total. The molecule has 0 bridgehead atoms. The molecule has 3 N–H and O–H groups in total. The average molecular weight is 277 g/mol. The van der Waals surface area contributed by atoms with Gasteiger partial charge in [0.1, 0.15) is 11.9 Å². The molecule has 1 amide bonds. The number of nitrogens with two attached hydrogens (primary N) is 1. The van der Waals surface area contributed by atoms with Crippen LogP contribution in [0.4, 0.5) is 5.82 Å². The number of amides is 1. The largest absolute Gasteiger partial charge is 0.480 e. The van der Waals surface area contributed by atoms with Crippen molar-refractivity contribution in [3.63, 3.8) is 0 Å². The normalized spacial score (nSPS) is 14.7. The molecule has 0 spiro atoms. The Hall–Kier alpha value is -2.11. The molecule has 0 aliphatic heterocycles. The van der Waals surface area contributed by atoms with Crippen molar-refractivity contribution >= 4 is 17.7 Å². The first-order chi connectivity index (χ1) is 9.45. The van der Waals surface area contributed by atoms with Crippen LogP contribution in [0.5, 0.6) is 0 Å². The fraction of sp³-hybridized carbons (Fsp3) is 0.500. The first-order valence-electron chi connectivity index (χ1n) is 6.74. The third-order valence-corrected chi connectivity index (χ3v) is 3.77. The Bertz CT molecular complexity index is 557. The molecule has 1 aliphatic rings. The van der Waals surface area contributed by atoms with Gasteiger partial charge in [-0.15, -0.1) is 0 Å². The summed E-state index contributed by atoms with van der Waals surface area (Å²) >= 11 is 0. The van der Waals surface area contributed by atoms with Gasteiger partial charge in [-0.2, -0.15) is 0 Å². The van der Waals surface area contributed by atoms with Crippen LogP contribution in [0.1, 0.15) is 41.4 Å². The number of fused-ring (bicyclic) bond motifs is 1. The molecular formula is C14H19N3O3. The van der Waals surface area contributed by atoms with Crippen LogP contribution in [0.3, 0.4) is 0 Å². The van der Waals surface area contributed by atoms with E-state index in [9.17, 15) is 14.7 Å². The average Bonchev–Trinajstić information content (AvgIpc) is 2.84. The zero-order valence-electron chi connectivity index (χ0n) is 11.7. The van der Waals surface area contributed by atoms with Crippen LogP contribution in [-0.4, -0.2) is 35.1 Å². The summed E-state index contributed by atoms with van der Waals surface area (Å²) in [5.41, 5.74) is 7.69. The van der Waals surface area contributed by atoms with Crippen molar-refractivity contribution in [2.45, 2.75) is 38.6 Å². The number of primary amides is 1. The van der Waals surface area contributed by atoms with E-state index in [0.29, 0.717) is 17.8 Å². The molecule has 1 aromatic heterocycles. The predicted octanol–water partition coefficient (Wildman–Crippen LogP) is 0.969. The van der Waals surface area contributed by atoms with Gasteiger partial charge in [-0.25, -0.2) is 9.78 Å². The highest BCUT2D eigenvalue weighted by Crippen LogP contribution is 2.28. The molecule has 6 heteroatoms. The summed E-state index contributed by atoms with van der Waals surface area (Å²) in [6, 6.07) is 1.04. The van der Waals surface area contributed by atoms with E-state index in [2.05, 4.69) is 4.98 Å². The second-order valence-electron chi connectivity index (χ2n) is 5.06. The van der Waals surface area contributed by atoms with Gasteiger partial charge in [-0.05, 0) is 37.3 Å². The SMILES string of the molecule is CCC(C(=O)O)N(C)c1nc2c(cc1C(N)=O)CCC2. The van der Waals surface area contributed by atoms with E-state index in [4.69, 9.17) is 5.73 Å². The fourth-order valence-corrected chi connectivity index (χ4v) is 2.67. The Morgan fingerprint density at radius 2 is 2.20 bits per heavy atom. The Morgan fingerprint density at radius 1 is 1.50 bits per heavy atom. The highest BCUT2D eigenvalue weighted by Gasteiger charge is 2.27. The lowest BCUT2D eigenvalue weighted by Crippen LogP contribution is -2.39. The van der Waals surface area contributed by atoms with Crippen molar-refractivity contribution in [1.29, 1.82) is 0 Å². The van der Waals surface area contributed by atoms with Crippen molar-refractivity contribution in [3.05, 3.63) is 22.9 Å². The molecular weight excluding hydrogens is 258 g/mol. The maximum atomic E-state index is 11.6. The molecule has 0 saturated heterocycles. The minimum atomic E-state index is -0.937. The Labute approximate surface area is 117 Å². The smallest absolute Gasteiger partial charge is 0.326 e. The van der Waals surface area contributed by atoms with E-state index in [0.717, 1.165) is 30.5 Å². The van der Waals surface area contributed by atoms with Crippen molar-refractivity contribution in [2.75, 3.05) is 11.9 Å². The summed E-state index contributed by atoms with van der Waals surface area (Å²) in [5.74, 6) is -1.14. The van der Waals surface area contributed by atoms with Gasteiger partial charge in [0.25, 0.3) is 5.91 Å². The van der Waals surface area contributed by atoms with Gasteiger partial charge in [0.05, 0.1) is 5.56 Å². The molecule has 0 aromatic carbocycles. The number of anilines is 1. The predicted molar refractivity (Wildman–Crippen MR) is 74.9 cm³/mol. The molecule has 108 valence electrons. The van der Waals surface area contributed by atoms with Crippen LogP contribution in [0.25, 0.3) is 0 Å². The number of carbonyl (C=O) groups excluding carboxylic acids is 1. The minimum Gasteiger partial charge on any atom is -0.480 e. The summed E-state index contributed by atoms with van der Waals surface area (Å²) < 4.78 is 0. The number of rotatable bonds is 5. The highest BCUT2D eigenvalue weighted by molar-refractivity contribution is 5.98. The van der Waals surface area contributed by atoms with E-state index >= 15 is 0 Å². The zero-order valence-corrected chi connectivity index (χ0v) is 11.7. The maximum Gasteiger partial charge on any atom is 0.326 e. The first-order valence-corrected chi connectivity index (χ1v) is 6.74. The van der Waals surface area contributed by atoms with Crippen LogP contribution in [-0.2, 0) is 17.6 Å². The standard InChI is InChI=1S/C14H19N3O3/c1-3-11(14(19)20)17(2)13-9(12(15)18)7-8-5-4-6-10(8)16-13/h7,11H,3-6H2,1-2H3,(H2,15,18)(H,19,20). The van der Waals surface area contributed by atoms with Crippen molar-refractivity contribution < 1.29 is 14.7 Å². The van der Waals surface area contributed by atoms with E-state index in [-0.39, 0.29) is 0 Å². The van der Waals surface area contributed by atoms with E-state index in [1.807, 2.05) is 0 Å². The molecule has 2 rings (SSSR count). The third-order valence-electron chi connectivity index (χ3n) is 3.77. The number of carboxylic acids is 1. The van der Waals surface area contributed by atoms with E-state index < -0.39 is 17.9 Å². The lowest BCUT2D eigenvalue weighted by Gasteiger charge is -2.26. The number of aromatic nitrogens is 1. The lowest BCUT2D eigenvalue weighted by atomic mass is 10.1. The van der Waals surface area contributed by atoms with Crippen LogP contribution in [0, 0.1) is 0 Å². The van der Waals surface area contributed by atoms with Crippen LogP contribution in [0.15, 0.2) is 6.07 Å². The molecule has 1 aromatic rings. The van der Waals surface area contributed by atoms with Crippen LogP contribution < -0.4 is 10.6 Å². The number of likely N-dealkylation sites (N-methyl/N-ethyl adjacent to an activating group) is 1. The number of hydrogen-bond donors (Lipinski definition) is 2. The molecule has 1 heterocycles. The number of aryl methyl sites for hydroxylation is 2. The molecule has 0 saturated carbocycles. The van der Waals surface area contributed by atoms with Gasteiger partial charge >= 0.3 is 5.97 Å². The second-order valence-corrected chi connectivity index (χ2v) is 5.06. The molecule has 0 fully saturated rings. The summed E-state index contributed by atoms with van der Waals surface area (Å²) in [5, 5.41) is 9.24. The first kappa shape index (κ1) is 14.3. The maximum absolute atomic E-state index is 11.6. The summed E-state index contributed by atoms with van der Waals surface area (Å²) in [7, 11) is 1.64. The van der Waals surface area contributed by atoms with Gasteiger partial charge in [-0.1, -0.05) is 6.92 Å². The van der Waals surface area contributed by atoms with Gasteiger partial charge in [0.15, 0.2) is 0 Å². The highest BCUT2D eigenvalue weighted by atomic mass is 16.4. The van der Waals surface area contributed by atoms with Gasteiger partial charge in [-0.3, -0.25) is 4.79 Å². The third kappa shape index (κ3) is 2.45. The van der Waals surface area contributed by atoms with Crippen LogP contribution >= 0.6 is 0 Å². The van der Waals surface area contributed by atoms with Gasteiger partial charge in [0, 0.05) is 12.7 Å². The molecule has 1 unspecified atom stereocenters. The van der Waals surface area contributed by atoms with Crippen molar-refractivity contribution in [3.8, 4) is 0 Å². The Morgan fingerprint density at radius 3 is 2.75 bits per heavy atom. The summed E-state index contributed by atoms with van der Waals surface area (Å²) in [6.07, 6.45) is 3.18. The molecule has 20 heavy (non-hydrogen) atoms.